The van der Waals surface area contributed by atoms with Gasteiger partial charge in [0.15, 0.2) is 0 Å². The number of nitrogens with zero attached hydrogens (tertiary/aromatic N) is 1. The second-order valence-corrected chi connectivity index (χ2v) is 7.97. The Bertz CT molecular complexity index is 721. The standard InChI is InChI=1S/C17H21N3O3S/c1-10-8-12(4-5-13(10)18-11(2)21)19-16(23)14-9-24-17(3)7-6-15(22)20(14)17/h4-5,8,14H,6-7,9H2,1-3H3,(H,18,21)(H,19,23). The molecule has 0 bridgehead atoms. The molecule has 2 N–H and O–H groups in total. The summed E-state index contributed by atoms with van der Waals surface area (Å²) >= 11 is 1.68. The van der Waals surface area contributed by atoms with Gasteiger partial charge in [0.2, 0.25) is 17.7 Å². The molecule has 2 heterocycles. The molecule has 6 nitrogen and oxygen atoms in total. The quantitative estimate of drug-likeness (QED) is 0.880. The zero-order chi connectivity index (χ0) is 17.5. The molecule has 2 atom stereocenters. The molecule has 0 spiro atoms. The van der Waals surface area contributed by atoms with E-state index in [9.17, 15) is 14.4 Å². The first kappa shape index (κ1) is 16.8. The zero-order valence-corrected chi connectivity index (χ0v) is 14.8. The van der Waals surface area contributed by atoms with Gasteiger partial charge in [-0.1, -0.05) is 0 Å². The zero-order valence-electron chi connectivity index (χ0n) is 14.0. The maximum Gasteiger partial charge on any atom is 0.248 e. The van der Waals surface area contributed by atoms with Crippen molar-refractivity contribution in [2.75, 3.05) is 16.4 Å². The number of carbonyl (C=O) groups is 3. The van der Waals surface area contributed by atoms with Crippen molar-refractivity contribution in [3.05, 3.63) is 23.8 Å². The summed E-state index contributed by atoms with van der Waals surface area (Å²) in [4.78, 5) is 37.4. The van der Waals surface area contributed by atoms with Crippen molar-refractivity contribution in [3.63, 3.8) is 0 Å². The lowest BCUT2D eigenvalue weighted by atomic mass is 10.1. The van der Waals surface area contributed by atoms with Gasteiger partial charge in [0.05, 0.1) is 4.87 Å². The summed E-state index contributed by atoms with van der Waals surface area (Å²) in [6, 6.07) is 4.91. The highest BCUT2D eigenvalue weighted by Crippen LogP contribution is 2.47. The first-order valence-corrected chi connectivity index (χ1v) is 8.94. The van der Waals surface area contributed by atoms with Gasteiger partial charge in [-0.2, -0.15) is 0 Å². The summed E-state index contributed by atoms with van der Waals surface area (Å²) in [6.45, 7) is 5.35. The van der Waals surface area contributed by atoms with Crippen LogP contribution in [0, 0.1) is 6.92 Å². The lowest BCUT2D eigenvalue weighted by Gasteiger charge is -2.29. The first-order valence-electron chi connectivity index (χ1n) is 7.95. The number of aryl methyl sites for hydroxylation is 1. The fraction of sp³-hybridized carbons (Fsp3) is 0.471. The molecule has 0 radical (unpaired) electrons. The SMILES string of the molecule is CC(=O)Nc1ccc(NC(=O)C2CSC3(C)CCC(=O)N23)cc1C. The van der Waals surface area contributed by atoms with Crippen LogP contribution in [0.2, 0.25) is 0 Å². The van der Waals surface area contributed by atoms with E-state index in [0.29, 0.717) is 17.9 Å². The monoisotopic (exact) mass is 347 g/mol. The van der Waals surface area contributed by atoms with Crippen LogP contribution in [0.5, 0.6) is 0 Å². The second kappa shape index (κ2) is 6.12. The van der Waals surface area contributed by atoms with Crippen LogP contribution in [0.4, 0.5) is 11.4 Å². The topological polar surface area (TPSA) is 78.5 Å². The Balaban J connectivity index is 1.72. The van der Waals surface area contributed by atoms with E-state index in [1.807, 2.05) is 19.9 Å². The Morgan fingerprint density at radius 2 is 2.08 bits per heavy atom. The number of rotatable bonds is 3. The Morgan fingerprint density at radius 3 is 2.75 bits per heavy atom. The number of thioether (sulfide) groups is 1. The third-order valence-corrected chi connectivity index (χ3v) is 6.06. The summed E-state index contributed by atoms with van der Waals surface area (Å²) in [7, 11) is 0. The Morgan fingerprint density at radius 1 is 1.33 bits per heavy atom. The molecule has 2 aliphatic heterocycles. The largest absolute Gasteiger partial charge is 0.326 e. The molecule has 3 rings (SSSR count). The fourth-order valence-electron chi connectivity index (χ4n) is 3.31. The molecule has 2 aliphatic rings. The van der Waals surface area contributed by atoms with Crippen LogP contribution < -0.4 is 10.6 Å². The predicted molar refractivity (Wildman–Crippen MR) is 94.8 cm³/mol. The summed E-state index contributed by atoms with van der Waals surface area (Å²) in [5.41, 5.74) is 2.25. The molecule has 2 saturated heterocycles. The van der Waals surface area contributed by atoms with Gasteiger partial charge in [-0.3, -0.25) is 14.4 Å². The van der Waals surface area contributed by atoms with Crippen LogP contribution in [0.3, 0.4) is 0 Å². The smallest absolute Gasteiger partial charge is 0.248 e. The van der Waals surface area contributed by atoms with Crippen molar-refractivity contribution in [2.24, 2.45) is 0 Å². The van der Waals surface area contributed by atoms with Gasteiger partial charge in [0, 0.05) is 30.5 Å². The van der Waals surface area contributed by atoms with Crippen LogP contribution in [0.1, 0.15) is 32.3 Å². The van der Waals surface area contributed by atoms with Crippen LogP contribution in [-0.4, -0.2) is 39.3 Å². The number of amides is 3. The molecule has 0 aliphatic carbocycles. The third-order valence-electron chi connectivity index (χ3n) is 4.55. The highest BCUT2D eigenvalue weighted by molar-refractivity contribution is 8.01. The molecule has 0 aromatic heterocycles. The van der Waals surface area contributed by atoms with E-state index in [-0.39, 0.29) is 22.6 Å². The molecular formula is C17H21N3O3S. The lowest BCUT2D eigenvalue weighted by Crippen LogP contribution is -2.48. The number of benzene rings is 1. The van der Waals surface area contributed by atoms with E-state index in [1.165, 1.54) is 6.92 Å². The van der Waals surface area contributed by atoms with Gasteiger partial charge in [-0.15, -0.1) is 11.8 Å². The van der Waals surface area contributed by atoms with Gasteiger partial charge in [0.1, 0.15) is 6.04 Å². The van der Waals surface area contributed by atoms with Crippen molar-refractivity contribution < 1.29 is 14.4 Å². The predicted octanol–water partition coefficient (Wildman–Crippen LogP) is 2.35. The first-order chi connectivity index (χ1) is 11.3. The lowest BCUT2D eigenvalue weighted by molar-refractivity contribution is -0.135. The van der Waals surface area contributed by atoms with E-state index in [4.69, 9.17) is 0 Å². The van der Waals surface area contributed by atoms with Crippen molar-refractivity contribution in [1.82, 2.24) is 4.90 Å². The second-order valence-electron chi connectivity index (χ2n) is 6.47. The van der Waals surface area contributed by atoms with Gasteiger partial charge in [0.25, 0.3) is 0 Å². The van der Waals surface area contributed by atoms with Crippen molar-refractivity contribution in [3.8, 4) is 0 Å². The van der Waals surface area contributed by atoms with Gasteiger partial charge in [-0.05, 0) is 44.0 Å². The van der Waals surface area contributed by atoms with Crippen LogP contribution in [0.15, 0.2) is 18.2 Å². The number of fused-ring (bicyclic) bond motifs is 1. The molecular weight excluding hydrogens is 326 g/mol. The fourth-order valence-corrected chi connectivity index (χ4v) is 4.74. The minimum Gasteiger partial charge on any atom is -0.326 e. The maximum atomic E-state index is 12.6. The summed E-state index contributed by atoms with van der Waals surface area (Å²) in [5.74, 6) is 0.384. The molecule has 2 unspecified atom stereocenters. The van der Waals surface area contributed by atoms with Gasteiger partial charge in [-0.25, -0.2) is 0 Å². The van der Waals surface area contributed by atoms with Crippen LogP contribution in [0.25, 0.3) is 0 Å². The molecule has 24 heavy (non-hydrogen) atoms. The molecule has 1 aromatic carbocycles. The average Bonchev–Trinajstić information content (AvgIpc) is 2.98. The van der Waals surface area contributed by atoms with Crippen molar-refractivity contribution in [2.45, 2.75) is 44.5 Å². The number of hydrogen-bond acceptors (Lipinski definition) is 4. The molecule has 0 saturated carbocycles. The summed E-state index contributed by atoms with van der Waals surface area (Å²) < 4.78 is 0. The number of nitrogens with one attached hydrogen (secondary N) is 2. The van der Waals surface area contributed by atoms with Crippen molar-refractivity contribution in [1.29, 1.82) is 0 Å². The van der Waals surface area contributed by atoms with E-state index in [1.54, 1.807) is 28.8 Å². The highest BCUT2D eigenvalue weighted by atomic mass is 32.2. The minimum absolute atomic E-state index is 0.0554. The Labute approximate surface area is 145 Å². The van der Waals surface area contributed by atoms with Crippen molar-refractivity contribution >= 4 is 40.9 Å². The number of anilines is 2. The van der Waals surface area contributed by atoms with E-state index in [2.05, 4.69) is 10.6 Å². The van der Waals surface area contributed by atoms with E-state index < -0.39 is 6.04 Å². The van der Waals surface area contributed by atoms with Gasteiger partial charge >= 0.3 is 0 Å². The minimum atomic E-state index is -0.426. The van der Waals surface area contributed by atoms with Gasteiger partial charge < -0.3 is 15.5 Å². The Kier molecular flexibility index (Phi) is 4.29. The molecule has 128 valence electrons. The number of hydrogen-bond donors (Lipinski definition) is 2. The average molecular weight is 347 g/mol. The molecule has 7 heteroatoms. The molecule has 1 aromatic rings. The van der Waals surface area contributed by atoms with E-state index >= 15 is 0 Å². The molecule has 2 fully saturated rings. The Hall–Kier alpha value is -2.02. The number of carbonyl (C=O) groups excluding carboxylic acids is 3. The normalized spacial score (nSPS) is 25.5. The molecule has 3 amide bonds. The maximum absolute atomic E-state index is 12.6. The van der Waals surface area contributed by atoms with Crippen LogP contribution >= 0.6 is 11.8 Å². The highest BCUT2D eigenvalue weighted by Gasteiger charge is 2.52. The van der Waals surface area contributed by atoms with Crippen LogP contribution in [-0.2, 0) is 14.4 Å². The summed E-state index contributed by atoms with van der Waals surface area (Å²) in [6.07, 6.45) is 1.31. The summed E-state index contributed by atoms with van der Waals surface area (Å²) in [5, 5.41) is 5.64. The third kappa shape index (κ3) is 3.00. The van der Waals surface area contributed by atoms with E-state index in [0.717, 1.165) is 17.7 Å².